The topological polar surface area (TPSA) is 105 Å². The number of nitrogens with one attached hydrogen (secondary N) is 2. The Hall–Kier alpha value is -3.19. The average molecular weight is 354 g/mol. The van der Waals surface area contributed by atoms with Gasteiger partial charge in [0, 0.05) is 11.6 Å². The number of ether oxygens (including phenoxy) is 1. The number of para-hydroxylation sites is 1. The van der Waals surface area contributed by atoms with E-state index in [4.69, 9.17) is 9.84 Å². The Kier molecular flexibility index (Phi) is 4.99. The fraction of sp³-hybridized carbons (Fsp3) is 0.211. The van der Waals surface area contributed by atoms with Crippen molar-refractivity contribution >= 4 is 17.7 Å². The first-order valence-corrected chi connectivity index (χ1v) is 8.12. The summed E-state index contributed by atoms with van der Waals surface area (Å²) in [7, 11) is 0. The Morgan fingerprint density at radius 2 is 1.88 bits per heavy atom. The van der Waals surface area contributed by atoms with Gasteiger partial charge in [-0.1, -0.05) is 18.2 Å². The molecule has 0 bridgehead atoms. The lowest BCUT2D eigenvalue weighted by molar-refractivity contribution is -0.138. The number of hydrogen-bond acceptors (Lipinski definition) is 5. The van der Waals surface area contributed by atoms with Crippen molar-refractivity contribution in [1.82, 2.24) is 10.6 Å². The van der Waals surface area contributed by atoms with Crippen LogP contribution >= 0.6 is 0 Å². The van der Waals surface area contributed by atoms with Crippen molar-refractivity contribution in [3.63, 3.8) is 0 Å². The van der Waals surface area contributed by atoms with E-state index >= 15 is 0 Å². The van der Waals surface area contributed by atoms with Gasteiger partial charge in [-0.2, -0.15) is 0 Å². The van der Waals surface area contributed by atoms with Gasteiger partial charge in [0.15, 0.2) is 11.8 Å². The van der Waals surface area contributed by atoms with Crippen LogP contribution in [-0.2, 0) is 9.59 Å². The van der Waals surface area contributed by atoms with Crippen molar-refractivity contribution in [3.8, 4) is 11.5 Å². The van der Waals surface area contributed by atoms with Gasteiger partial charge in [0.25, 0.3) is 0 Å². The Bertz CT molecular complexity index is 850. The molecule has 0 saturated carbocycles. The number of Topliss-reactive ketones (excluding diaryl/α,β-unsaturated/α-hetero) is 1. The van der Waals surface area contributed by atoms with Crippen molar-refractivity contribution < 1.29 is 24.2 Å². The summed E-state index contributed by atoms with van der Waals surface area (Å²) in [6, 6.07) is 13.0. The van der Waals surface area contributed by atoms with Gasteiger partial charge in [0.1, 0.15) is 18.0 Å². The van der Waals surface area contributed by atoms with Crippen LogP contribution in [0.15, 0.2) is 48.5 Å². The second-order valence-electron chi connectivity index (χ2n) is 5.96. The molecule has 1 amide bonds. The molecule has 2 unspecified atom stereocenters. The maximum Gasteiger partial charge on any atom is 0.322 e. The van der Waals surface area contributed by atoms with Crippen LogP contribution < -0.4 is 15.4 Å². The summed E-state index contributed by atoms with van der Waals surface area (Å²) in [6.45, 7) is 1.30. The fourth-order valence-electron chi connectivity index (χ4n) is 2.84. The van der Waals surface area contributed by atoms with Gasteiger partial charge in [-0.25, -0.2) is 0 Å². The van der Waals surface area contributed by atoms with E-state index in [2.05, 4.69) is 10.6 Å². The highest BCUT2D eigenvalue weighted by Crippen LogP contribution is 2.31. The van der Waals surface area contributed by atoms with Crippen LogP contribution in [0.4, 0.5) is 0 Å². The molecule has 0 aliphatic carbocycles. The largest absolute Gasteiger partial charge is 0.480 e. The zero-order chi connectivity index (χ0) is 18.7. The van der Waals surface area contributed by atoms with Gasteiger partial charge in [-0.3, -0.25) is 19.7 Å². The summed E-state index contributed by atoms with van der Waals surface area (Å²) >= 11 is 0. The number of hydrogen-bond donors (Lipinski definition) is 3. The fourth-order valence-corrected chi connectivity index (χ4v) is 2.84. The highest BCUT2D eigenvalue weighted by molar-refractivity contribution is 6.15. The Morgan fingerprint density at radius 1 is 1.15 bits per heavy atom. The summed E-state index contributed by atoms with van der Waals surface area (Å²) in [5, 5.41) is 13.8. The third kappa shape index (κ3) is 3.73. The Morgan fingerprint density at radius 3 is 2.58 bits per heavy atom. The number of benzene rings is 2. The van der Waals surface area contributed by atoms with E-state index < -0.39 is 30.2 Å². The second-order valence-corrected chi connectivity index (χ2v) is 5.96. The number of rotatable bonds is 5. The molecule has 26 heavy (non-hydrogen) atoms. The molecule has 2 aromatic rings. The third-order valence-electron chi connectivity index (χ3n) is 4.09. The molecule has 0 fully saturated rings. The van der Waals surface area contributed by atoms with Crippen molar-refractivity contribution in [3.05, 3.63) is 59.7 Å². The highest BCUT2D eigenvalue weighted by atomic mass is 16.5. The van der Waals surface area contributed by atoms with Crippen LogP contribution in [0.2, 0.25) is 0 Å². The van der Waals surface area contributed by atoms with E-state index in [-0.39, 0.29) is 6.04 Å². The first-order valence-electron chi connectivity index (χ1n) is 8.12. The normalized spacial score (nSPS) is 18.7. The molecule has 1 aliphatic heterocycles. The molecule has 1 aliphatic rings. The minimum Gasteiger partial charge on any atom is -0.480 e. The van der Waals surface area contributed by atoms with Crippen LogP contribution in [0.1, 0.15) is 28.9 Å². The van der Waals surface area contributed by atoms with Crippen molar-refractivity contribution in [2.75, 3.05) is 6.54 Å². The first-order chi connectivity index (χ1) is 12.5. The van der Waals surface area contributed by atoms with Gasteiger partial charge < -0.3 is 15.2 Å². The molecule has 7 heteroatoms. The number of fused-ring (bicyclic) bond motifs is 1. The monoisotopic (exact) mass is 354 g/mol. The van der Waals surface area contributed by atoms with Gasteiger partial charge in [0.05, 0.1) is 0 Å². The number of aliphatic carboxylic acids is 1. The van der Waals surface area contributed by atoms with Crippen molar-refractivity contribution in [1.29, 1.82) is 0 Å². The predicted molar refractivity (Wildman–Crippen MR) is 93.3 cm³/mol. The van der Waals surface area contributed by atoms with E-state index in [0.717, 1.165) is 5.56 Å². The summed E-state index contributed by atoms with van der Waals surface area (Å²) < 4.78 is 5.78. The Balaban J connectivity index is 1.80. The second kappa shape index (κ2) is 7.37. The highest BCUT2D eigenvalue weighted by Gasteiger charge is 2.36. The number of carbonyl (C=O) groups is 3. The third-order valence-corrected chi connectivity index (χ3v) is 4.09. The molecule has 0 aromatic heterocycles. The molecule has 3 rings (SSSR count). The van der Waals surface area contributed by atoms with Crippen molar-refractivity contribution in [2.24, 2.45) is 0 Å². The van der Waals surface area contributed by atoms with E-state index in [0.29, 0.717) is 17.1 Å². The van der Waals surface area contributed by atoms with Crippen LogP contribution in [0.3, 0.4) is 0 Å². The van der Waals surface area contributed by atoms with Crippen molar-refractivity contribution in [2.45, 2.75) is 19.0 Å². The molecular weight excluding hydrogens is 336 g/mol. The summed E-state index contributed by atoms with van der Waals surface area (Å²) in [4.78, 5) is 35.3. The quantitative estimate of drug-likeness (QED) is 0.709. The molecule has 7 nitrogen and oxygen atoms in total. The molecule has 0 spiro atoms. The zero-order valence-electron chi connectivity index (χ0n) is 14.1. The minimum absolute atomic E-state index is 0.275. The maximum atomic E-state index is 12.6. The van der Waals surface area contributed by atoms with Gasteiger partial charge in [-0.15, -0.1) is 0 Å². The van der Waals surface area contributed by atoms with Gasteiger partial charge >= 0.3 is 5.97 Å². The standard InChI is InChI=1S/C19H18N2O5/c1-11-15-9-13(26-12-5-3-2-4-6-12)7-8-14(15)18(24)17(21-11)19(25)20-10-16(22)23/h2-9,11,17,21H,10H2,1H3,(H,20,25)(H,22,23). The van der Waals surface area contributed by atoms with E-state index in [1.54, 1.807) is 18.2 Å². The number of amides is 1. The van der Waals surface area contributed by atoms with Gasteiger partial charge in [0.2, 0.25) is 5.91 Å². The van der Waals surface area contributed by atoms with E-state index in [9.17, 15) is 14.4 Å². The van der Waals surface area contributed by atoms with Crippen LogP contribution in [0.5, 0.6) is 11.5 Å². The smallest absolute Gasteiger partial charge is 0.322 e. The minimum atomic E-state index is -1.17. The van der Waals surface area contributed by atoms with Crippen LogP contribution in [0, 0.1) is 0 Å². The lowest BCUT2D eigenvalue weighted by atomic mass is 9.89. The molecular formula is C19H18N2O5. The maximum absolute atomic E-state index is 12.6. The Labute approximate surface area is 150 Å². The SMILES string of the molecule is CC1NC(C(=O)NCC(=O)O)C(=O)c2ccc(Oc3ccccc3)cc21. The molecule has 1 heterocycles. The number of carbonyl (C=O) groups excluding carboxylic acids is 2. The van der Waals surface area contributed by atoms with E-state index in [1.807, 2.05) is 37.3 Å². The number of carboxylic acids is 1. The predicted octanol–water partition coefficient (Wildman–Crippen LogP) is 1.90. The first kappa shape index (κ1) is 17.6. The molecule has 2 aromatic carbocycles. The number of carboxylic acid groups (broad SMARTS) is 1. The van der Waals surface area contributed by atoms with E-state index in [1.165, 1.54) is 0 Å². The zero-order valence-corrected chi connectivity index (χ0v) is 14.1. The number of ketones is 1. The lowest BCUT2D eigenvalue weighted by Crippen LogP contribution is -2.53. The molecule has 134 valence electrons. The molecule has 0 saturated heterocycles. The lowest BCUT2D eigenvalue weighted by Gasteiger charge is -2.29. The summed E-state index contributed by atoms with van der Waals surface area (Å²) in [5.74, 6) is -0.948. The molecule has 0 radical (unpaired) electrons. The van der Waals surface area contributed by atoms with Crippen LogP contribution in [0.25, 0.3) is 0 Å². The molecule has 3 N–H and O–H groups in total. The molecule has 2 atom stereocenters. The van der Waals surface area contributed by atoms with Gasteiger partial charge in [-0.05, 0) is 42.8 Å². The summed E-state index contributed by atoms with van der Waals surface area (Å²) in [5.41, 5.74) is 1.15. The average Bonchev–Trinajstić information content (AvgIpc) is 2.63. The van der Waals surface area contributed by atoms with Crippen LogP contribution in [-0.4, -0.2) is 35.4 Å². The summed E-state index contributed by atoms with van der Waals surface area (Å²) in [6.07, 6.45) is 0.